The number of aromatic nitrogens is 1. The average molecular weight is 324 g/mol. The number of aryl methyl sites for hydroxylation is 1. The van der Waals surface area contributed by atoms with E-state index in [1.807, 2.05) is 20.0 Å². The third-order valence-corrected chi connectivity index (χ3v) is 3.68. The van der Waals surface area contributed by atoms with Gasteiger partial charge in [0.15, 0.2) is 0 Å². The Morgan fingerprint density at radius 3 is 2.74 bits per heavy atom. The van der Waals surface area contributed by atoms with E-state index < -0.39 is 0 Å². The number of hydrogen-bond donors (Lipinski definition) is 2. The Hall–Kier alpha value is -1.46. The minimum absolute atomic E-state index is 0.211. The topological polar surface area (TPSA) is 50.9 Å². The summed E-state index contributed by atoms with van der Waals surface area (Å²) in [5, 5.41) is 3.15. The maximum Gasteiger partial charge on any atom is 0.128 e. The minimum atomic E-state index is -0.280. The number of nitrogens with zero attached hydrogens (tertiary/aromatic N) is 1. The number of hydrogen-bond acceptors (Lipinski definition) is 3. The van der Waals surface area contributed by atoms with Gasteiger partial charge in [0.25, 0.3) is 0 Å². The van der Waals surface area contributed by atoms with Crippen molar-refractivity contribution >= 4 is 21.7 Å². The molecule has 100 valence electrons. The number of benzene rings is 1. The number of pyridine rings is 1. The van der Waals surface area contributed by atoms with Crippen LogP contribution >= 0.6 is 15.9 Å². The second-order valence-corrected chi connectivity index (χ2v) is 5.23. The summed E-state index contributed by atoms with van der Waals surface area (Å²) in [6.45, 7) is 1.95. The van der Waals surface area contributed by atoms with Gasteiger partial charge in [0.1, 0.15) is 11.6 Å². The van der Waals surface area contributed by atoms with Crippen molar-refractivity contribution in [3.63, 3.8) is 0 Å². The maximum absolute atomic E-state index is 13.4. The molecule has 2 rings (SSSR count). The molecule has 0 radical (unpaired) electrons. The lowest BCUT2D eigenvalue weighted by atomic mass is 9.98. The highest BCUT2D eigenvalue weighted by atomic mass is 79.9. The van der Waals surface area contributed by atoms with E-state index in [9.17, 15) is 4.39 Å². The molecule has 3 nitrogen and oxygen atoms in total. The molecule has 1 heterocycles. The van der Waals surface area contributed by atoms with E-state index in [1.165, 1.54) is 12.1 Å². The third kappa shape index (κ3) is 2.93. The molecule has 0 aliphatic heterocycles. The summed E-state index contributed by atoms with van der Waals surface area (Å²) in [6.07, 6.45) is 1.71. The van der Waals surface area contributed by atoms with Gasteiger partial charge >= 0.3 is 0 Å². The van der Waals surface area contributed by atoms with E-state index in [1.54, 1.807) is 12.3 Å². The van der Waals surface area contributed by atoms with Crippen LogP contribution in [0.1, 0.15) is 22.7 Å². The first-order valence-corrected chi connectivity index (χ1v) is 6.66. The Kier molecular flexibility index (Phi) is 4.17. The number of halogens is 2. The van der Waals surface area contributed by atoms with E-state index in [4.69, 9.17) is 5.73 Å². The first-order valence-electron chi connectivity index (χ1n) is 5.87. The smallest absolute Gasteiger partial charge is 0.128 e. The minimum Gasteiger partial charge on any atom is -0.383 e. The quantitative estimate of drug-likeness (QED) is 0.912. The molecular weight excluding hydrogens is 309 g/mol. The summed E-state index contributed by atoms with van der Waals surface area (Å²) in [5.41, 5.74) is 8.58. The van der Waals surface area contributed by atoms with Crippen molar-refractivity contribution in [1.29, 1.82) is 0 Å². The normalized spacial score (nSPS) is 12.4. The second kappa shape index (κ2) is 5.67. The molecule has 0 spiro atoms. The Bertz CT molecular complexity index is 550. The van der Waals surface area contributed by atoms with Crippen molar-refractivity contribution in [3.8, 4) is 0 Å². The van der Waals surface area contributed by atoms with Crippen LogP contribution in [0.15, 0.2) is 34.9 Å². The van der Waals surface area contributed by atoms with Crippen molar-refractivity contribution in [2.75, 3.05) is 12.8 Å². The Morgan fingerprint density at radius 1 is 1.32 bits per heavy atom. The molecule has 1 unspecified atom stereocenters. The molecule has 1 aromatic carbocycles. The summed E-state index contributed by atoms with van der Waals surface area (Å²) in [6, 6.07) is 6.35. The zero-order valence-electron chi connectivity index (χ0n) is 10.7. The zero-order valence-corrected chi connectivity index (χ0v) is 12.3. The summed E-state index contributed by atoms with van der Waals surface area (Å²) in [4.78, 5) is 4.15. The molecule has 0 fully saturated rings. The summed E-state index contributed by atoms with van der Waals surface area (Å²) >= 11 is 3.44. The zero-order chi connectivity index (χ0) is 14.0. The van der Waals surface area contributed by atoms with Gasteiger partial charge in [0.2, 0.25) is 0 Å². The van der Waals surface area contributed by atoms with Gasteiger partial charge in [-0.1, -0.05) is 15.9 Å². The van der Waals surface area contributed by atoms with E-state index in [0.29, 0.717) is 5.82 Å². The summed E-state index contributed by atoms with van der Waals surface area (Å²) in [7, 11) is 1.81. The highest BCUT2D eigenvalue weighted by molar-refractivity contribution is 9.10. The van der Waals surface area contributed by atoms with Crippen LogP contribution < -0.4 is 11.1 Å². The van der Waals surface area contributed by atoms with E-state index in [-0.39, 0.29) is 11.9 Å². The fraction of sp³-hybridized carbons (Fsp3) is 0.214. The number of anilines is 1. The van der Waals surface area contributed by atoms with Gasteiger partial charge in [0, 0.05) is 16.2 Å². The molecule has 0 aliphatic rings. The standard InChI is InChI=1S/C14H15BrFN3/c1-8-5-11(14(17)19-7-8)13(18-2)10-6-9(16)3-4-12(10)15/h3-7,13,18H,1-2H3,(H2,17,19). The predicted octanol–water partition coefficient (Wildman–Crippen LogP) is 3.18. The van der Waals surface area contributed by atoms with E-state index in [2.05, 4.69) is 26.2 Å². The van der Waals surface area contributed by atoms with Gasteiger partial charge in [-0.05, 0) is 49.4 Å². The number of nitrogens with two attached hydrogens (primary N) is 1. The molecule has 1 atom stereocenters. The Labute approximate surface area is 120 Å². The van der Waals surface area contributed by atoms with Gasteiger partial charge in [-0.15, -0.1) is 0 Å². The molecule has 19 heavy (non-hydrogen) atoms. The summed E-state index contributed by atoms with van der Waals surface area (Å²) in [5.74, 6) is 0.166. The first-order chi connectivity index (χ1) is 9.02. The van der Waals surface area contributed by atoms with Crippen LogP contribution in [0.4, 0.5) is 10.2 Å². The molecule has 3 N–H and O–H groups in total. The van der Waals surface area contributed by atoms with Crippen LogP contribution in [0.5, 0.6) is 0 Å². The Balaban J connectivity index is 2.55. The molecule has 0 amide bonds. The van der Waals surface area contributed by atoms with Crippen LogP contribution in [-0.2, 0) is 0 Å². The van der Waals surface area contributed by atoms with Crippen LogP contribution in [0.25, 0.3) is 0 Å². The lowest BCUT2D eigenvalue weighted by Gasteiger charge is -2.20. The average Bonchev–Trinajstić information content (AvgIpc) is 2.38. The lowest BCUT2D eigenvalue weighted by Crippen LogP contribution is -2.20. The molecule has 0 saturated carbocycles. The molecule has 0 aliphatic carbocycles. The maximum atomic E-state index is 13.4. The number of rotatable bonds is 3. The van der Waals surface area contributed by atoms with Gasteiger partial charge in [-0.25, -0.2) is 9.37 Å². The lowest BCUT2D eigenvalue weighted by molar-refractivity contribution is 0.615. The molecule has 2 aromatic rings. The highest BCUT2D eigenvalue weighted by Gasteiger charge is 2.19. The van der Waals surface area contributed by atoms with Gasteiger partial charge in [0.05, 0.1) is 6.04 Å². The SMILES string of the molecule is CNC(c1cc(F)ccc1Br)c1cc(C)cnc1N. The number of nitrogens with one attached hydrogen (secondary N) is 1. The fourth-order valence-electron chi connectivity index (χ4n) is 2.05. The van der Waals surface area contributed by atoms with Crippen molar-refractivity contribution in [1.82, 2.24) is 10.3 Å². The molecule has 0 bridgehead atoms. The van der Waals surface area contributed by atoms with Crippen LogP contribution in [0, 0.1) is 12.7 Å². The number of nitrogen functional groups attached to an aromatic ring is 1. The largest absolute Gasteiger partial charge is 0.383 e. The monoisotopic (exact) mass is 323 g/mol. The van der Waals surface area contributed by atoms with Crippen molar-refractivity contribution in [2.45, 2.75) is 13.0 Å². The van der Waals surface area contributed by atoms with Crippen LogP contribution in [-0.4, -0.2) is 12.0 Å². The van der Waals surface area contributed by atoms with Crippen LogP contribution in [0.2, 0.25) is 0 Å². The summed E-state index contributed by atoms with van der Waals surface area (Å²) < 4.78 is 14.3. The van der Waals surface area contributed by atoms with Gasteiger partial charge in [-0.2, -0.15) is 0 Å². The van der Waals surface area contributed by atoms with Crippen LogP contribution in [0.3, 0.4) is 0 Å². The van der Waals surface area contributed by atoms with Gasteiger partial charge in [-0.3, -0.25) is 0 Å². The van der Waals surface area contributed by atoms with Crippen molar-refractivity contribution in [3.05, 3.63) is 57.4 Å². The molecule has 0 saturated heterocycles. The molecule has 1 aromatic heterocycles. The van der Waals surface area contributed by atoms with E-state index >= 15 is 0 Å². The van der Waals surface area contributed by atoms with Gasteiger partial charge < -0.3 is 11.1 Å². The third-order valence-electron chi connectivity index (χ3n) is 2.95. The fourth-order valence-corrected chi connectivity index (χ4v) is 2.52. The van der Waals surface area contributed by atoms with Crippen molar-refractivity contribution < 1.29 is 4.39 Å². The van der Waals surface area contributed by atoms with Crippen molar-refractivity contribution in [2.24, 2.45) is 0 Å². The molecular formula is C14H15BrFN3. The predicted molar refractivity (Wildman–Crippen MR) is 78.4 cm³/mol. The highest BCUT2D eigenvalue weighted by Crippen LogP contribution is 2.31. The van der Waals surface area contributed by atoms with E-state index in [0.717, 1.165) is 21.2 Å². The second-order valence-electron chi connectivity index (χ2n) is 4.37. The molecule has 5 heteroatoms. The Morgan fingerprint density at radius 2 is 2.05 bits per heavy atom. The first kappa shape index (κ1) is 14.0.